The molecule has 1 atom stereocenters. The highest BCUT2D eigenvalue weighted by Crippen LogP contribution is 2.28. The Labute approximate surface area is 192 Å². The first kappa shape index (κ1) is 24.8. The topological polar surface area (TPSA) is 97.4 Å². The van der Waals surface area contributed by atoms with Crippen molar-refractivity contribution in [2.75, 3.05) is 14.2 Å². The summed E-state index contributed by atoms with van der Waals surface area (Å²) in [5.74, 6) is -0.338. The van der Waals surface area contributed by atoms with Crippen LogP contribution in [-0.2, 0) is 16.1 Å². The molecule has 3 rings (SSSR count). The van der Waals surface area contributed by atoms with Crippen molar-refractivity contribution in [3.8, 4) is 16.9 Å². The highest BCUT2D eigenvalue weighted by atomic mass is 35.5. The van der Waals surface area contributed by atoms with Crippen molar-refractivity contribution in [2.24, 2.45) is 5.73 Å². The number of nitrogens with two attached hydrogens (primary N) is 1. The maximum Gasteiger partial charge on any atom is 0.254 e. The first-order chi connectivity index (χ1) is 14.9. The zero-order valence-electron chi connectivity index (χ0n) is 17.7. The number of methoxy groups -OCH3 is 2. The van der Waals surface area contributed by atoms with Gasteiger partial charge in [0.25, 0.3) is 5.91 Å². The SMILES string of the molecule is COc1cccc(-c2ccc([C@@H](OC)C(=O)NCc3ccc(C(=N)N)cc3)c(F)c2)c1.Cl. The summed E-state index contributed by atoms with van der Waals surface area (Å²) in [5.41, 5.74) is 8.48. The Bertz CT molecular complexity index is 1090. The maximum absolute atomic E-state index is 14.9. The van der Waals surface area contributed by atoms with Gasteiger partial charge < -0.3 is 20.5 Å². The number of amidine groups is 1. The van der Waals surface area contributed by atoms with Crippen LogP contribution in [0.4, 0.5) is 4.39 Å². The van der Waals surface area contributed by atoms with Gasteiger partial charge in [-0.05, 0) is 34.9 Å². The van der Waals surface area contributed by atoms with E-state index < -0.39 is 17.8 Å². The van der Waals surface area contributed by atoms with Gasteiger partial charge in [-0.2, -0.15) is 0 Å². The molecule has 168 valence electrons. The highest BCUT2D eigenvalue weighted by Gasteiger charge is 2.23. The number of carbonyl (C=O) groups is 1. The molecule has 0 radical (unpaired) electrons. The van der Waals surface area contributed by atoms with Crippen molar-refractivity contribution in [3.63, 3.8) is 0 Å². The van der Waals surface area contributed by atoms with Crippen molar-refractivity contribution in [1.29, 1.82) is 5.41 Å². The van der Waals surface area contributed by atoms with E-state index in [2.05, 4.69) is 5.32 Å². The minimum Gasteiger partial charge on any atom is -0.497 e. The van der Waals surface area contributed by atoms with E-state index in [1.165, 1.54) is 13.2 Å². The molecule has 0 aliphatic heterocycles. The lowest BCUT2D eigenvalue weighted by Gasteiger charge is -2.17. The zero-order valence-corrected chi connectivity index (χ0v) is 18.5. The van der Waals surface area contributed by atoms with Crippen LogP contribution >= 0.6 is 12.4 Å². The highest BCUT2D eigenvalue weighted by molar-refractivity contribution is 5.94. The smallest absolute Gasteiger partial charge is 0.254 e. The molecular formula is C24H25ClFN3O3. The van der Waals surface area contributed by atoms with Crippen molar-refractivity contribution >= 4 is 24.1 Å². The molecule has 0 aromatic heterocycles. The van der Waals surface area contributed by atoms with E-state index in [0.29, 0.717) is 16.9 Å². The summed E-state index contributed by atoms with van der Waals surface area (Å²) in [6, 6.07) is 18.9. The number of hydrogen-bond donors (Lipinski definition) is 3. The van der Waals surface area contributed by atoms with Crippen LogP contribution in [0.15, 0.2) is 66.7 Å². The molecule has 0 spiro atoms. The summed E-state index contributed by atoms with van der Waals surface area (Å²) in [6.07, 6.45) is -1.09. The number of halogens is 2. The Morgan fingerprint density at radius 2 is 1.75 bits per heavy atom. The third kappa shape index (κ3) is 5.84. The summed E-state index contributed by atoms with van der Waals surface area (Å²) in [4.78, 5) is 12.6. The molecule has 1 amide bonds. The van der Waals surface area contributed by atoms with E-state index in [-0.39, 0.29) is 30.4 Å². The van der Waals surface area contributed by atoms with Gasteiger partial charge in [0.05, 0.1) is 7.11 Å². The van der Waals surface area contributed by atoms with Gasteiger partial charge in [-0.1, -0.05) is 48.5 Å². The van der Waals surface area contributed by atoms with Crippen molar-refractivity contribution < 1.29 is 18.7 Å². The van der Waals surface area contributed by atoms with Gasteiger partial charge in [-0.3, -0.25) is 10.2 Å². The van der Waals surface area contributed by atoms with Crippen LogP contribution < -0.4 is 15.8 Å². The minimum atomic E-state index is -1.09. The van der Waals surface area contributed by atoms with Crippen LogP contribution in [0, 0.1) is 11.2 Å². The van der Waals surface area contributed by atoms with E-state index in [9.17, 15) is 9.18 Å². The van der Waals surface area contributed by atoms with E-state index in [0.717, 1.165) is 11.1 Å². The Morgan fingerprint density at radius 1 is 1.06 bits per heavy atom. The molecule has 0 heterocycles. The fourth-order valence-electron chi connectivity index (χ4n) is 3.18. The fourth-order valence-corrected chi connectivity index (χ4v) is 3.18. The van der Waals surface area contributed by atoms with Gasteiger partial charge in [0, 0.05) is 24.8 Å². The van der Waals surface area contributed by atoms with Crippen LogP contribution in [-0.4, -0.2) is 26.0 Å². The van der Waals surface area contributed by atoms with E-state index in [4.69, 9.17) is 20.6 Å². The van der Waals surface area contributed by atoms with Gasteiger partial charge in [0.2, 0.25) is 0 Å². The monoisotopic (exact) mass is 457 g/mol. The Kier molecular flexibility index (Phi) is 8.75. The maximum atomic E-state index is 14.9. The van der Waals surface area contributed by atoms with E-state index in [1.807, 2.05) is 24.3 Å². The Hall–Kier alpha value is -3.42. The van der Waals surface area contributed by atoms with Gasteiger partial charge in [0.15, 0.2) is 6.10 Å². The van der Waals surface area contributed by atoms with Crippen LogP contribution in [0.25, 0.3) is 11.1 Å². The van der Waals surface area contributed by atoms with Crippen LogP contribution in [0.1, 0.15) is 22.8 Å². The second-order valence-corrected chi connectivity index (χ2v) is 6.91. The number of amides is 1. The van der Waals surface area contributed by atoms with Gasteiger partial charge in [-0.15, -0.1) is 12.4 Å². The zero-order chi connectivity index (χ0) is 22.4. The number of nitrogen functional groups attached to an aromatic ring is 1. The fraction of sp³-hybridized carbons (Fsp3) is 0.167. The Morgan fingerprint density at radius 3 is 2.34 bits per heavy atom. The molecule has 3 aromatic rings. The summed E-state index contributed by atoms with van der Waals surface area (Å²) < 4.78 is 25.4. The summed E-state index contributed by atoms with van der Waals surface area (Å²) in [7, 11) is 2.93. The molecule has 0 aliphatic carbocycles. The van der Waals surface area contributed by atoms with Crippen molar-refractivity contribution in [3.05, 3.63) is 89.2 Å². The second kappa shape index (κ2) is 11.3. The molecule has 0 aliphatic rings. The average molecular weight is 458 g/mol. The van der Waals surface area contributed by atoms with Crippen LogP contribution in [0.5, 0.6) is 5.75 Å². The molecular weight excluding hydrogens is 433 g/mol. The standard InChI is InChI=1S/C24H24FN3O3.ClH/c1-30-19-5-3-4-17(12-19)18-10-11-20(21(25)13-18)22(31-2)24(29)28-14-15-6-8-16(9-7-15)23(26)27;/h3-13,22H,14H2,1-2H3,(H3,26,27)(H,28,29);1H/t22-;/m1./s1. The molecule has 0 unspecified atom stereocenters. The number of nitrogens with one attached hydrogen (secondary N) is 2. The molecule has 0 bridgehead atoms. The largest absolute Gasteiger partial charge is 0.497 e. The predicted octanol–water partition coefficient (Wildman–Crippen LogP) is 4.21. The van der Waals surface area contributed by atoms with Crippen LogP contribution in [0.2, 0.25) is 0 Å². The normalized spacial score (nSPS) is 11.2. The lowest BCUT2D eigenvalue weighted by molar-refractivity contribution is -0.131. The predicted molar refractivity (Wildman–Crippen MR) is 125 cm³/mol. The van der Waals surface area contributed by atoms with E-state index in [1.54, 1.807) is 43.5 Å². The number of carbonyl (C=O) groups excluding carboxylic acids is 1. The van der Waals surface area contributed by atoms with Crippen molar-refractivity contribution in [2.45, 2.75) is 12.6 Å². The van der Waals surface area contributed by atoms with Gasteiger partial charge in [-0.25, -0.2) is 4.39 Å². The molecule has 3 aromatic carbocycles. The molecule has 4 N–H and O–H groups in total. The number of hydrogen-bond acceptors (Lipinski definition) is 4. The lowest BCUT2D eigenvalue weighted by atomic mass is 10.0. The first-order valence-corrected chi connectivity index (χ1v) is 9.60. The molecule has 0 saturated heterocycles. The molecule has 0 fully saturated rings. The number of benzene rings is 3. The molecule has 0 saturated carbocycles. The second-order valence-electron chi connectivity index (χ2n) is 6.91. The van der Waals surface area contributed by atoms with Gasteiger partial charge >= 0.3 is 0 Å². The van der Waals surface area contributed by atoms with Gasteiger partial charge in [0.1, 0.15) is 17.4 Å². The summed E-state index contributed by atoms with van der Waals surface area (Å²) in [5, 5.41) is 10.2. The van der Waals surface area contributed by atoms with Crippen LogP contribution in [0.3, 0.4) is 0 Å². The first-order valence-electron chi connectivity index (χ1n) is 9.60. The summed E-state index contributed by atoms with van der Waals surface area (Å²) in [6.45, 7) is 0.236. The Balaban J connectivity index is 0.00000363. The lowest BCUT2D eigenvalue weighted by Crippen LogP contribution is -2.30. The van der Waals surface area contributed by atoms with E-state index >= 15 is 0 Å². The number of rotatable bonds is 8. The minimum absolute atomic E-state index is 0. The molecule has 6 nitrogen and oxygen atoms in total. The third-order valence-electron chi connectivity index (χ3n) is 4.89. The number of ether oxygens (including phenoxy) is 2. The third-order valence-corrected chi connectivity index (χ3v) is 4.89. The molecule has 32 heavy (non-hydrogen) atoms. The molecule has 8 heteroatoms. The quantitative estimate of drug-likeness (QED) is 0.348. The average Bonchev–Trinajstić information content (AvgIpc) is 2.79. The van der Waals surface area contributed by atoms with Crippen molar-refractivity contribution in [1.82, 2.24) is 5.32 Å². The summed E-state index contributed by atoms with van der Waals surface area (Å²) >= 11 is 0.